The summed E-state index contributed by atoms with van der Waals surface area (Å²) in [5, 5.41) is 0. The maximum atomic E-state index is 11.1. The molecule has 0 bridgehead atoms. The van der Waals surface area contributed by atoms with Gasteiger partial charge in [0.1, 0.15) is 0 Å². The summed E-state index contributed by atoms with van der Waals surface area (Å²) >= 11 is 0. The van der Waals surface area contributed by atoms with Gasteiger partial charge in [0.25, 0.3) is 10.1 Å². The van der Waals surface area contributed by atoms with Crippen LogP contribution in [0.15, 0.2) is 60.7 Å². The minimum atomic E-state index is -4.11. The molecule has 5 heteroatoms. The van der Waals surface area contributed by atoms with Crippen molar-refractivity contribution in [2.75, 3.05) is 5.75 Å². The molecule has 0 saturated carbocycles. The monoisotopic (exact) mass is 291 g/mol. The van der Waals surface area contributed by atoms with Gasteiger partial charge in [-0.2, -0.15) is 8.42 Å². The molecule has 0 aliphatic heterocycles. The topological polar surface area (TPSA) is 80.4 Å². The Hall–Kier alpha value is -1.69. The molecule has 3 N–H and O–H groups in total. The molecule has 1 atom stereocenters. The molecule has 0 aromatic heterocycles. The van der Waals surface area contributed by atoms with Gasteiger partial charge in [0.15, 0.2) is 0 Å². The van der Waals surface area contributed by atoms with Crippen molar-refractivity contribution in [2.45, 2.75) is 12.0 Å². The second-order valence-corrected chi connectivity index (χ2v) is 6.21. The molecule has 0 unspecified atom stereocenters. The lowest BCUT2D eigenvalue weighted by Crippen LogP contribution is -2.36. The van der Waals surface area contributed by atoms with Crippen LogP contribution >= 0.6 is 0 Å². The fourth-order valence-electron chi connectivity index (χ4n) is 2.35. The predicted molar refractivity (Wildman–Crippen MR) is 79.1 cm³/mol. The summed E-state index contributed by atoms with van der Waals surface area (Å²) in [7, 11) is -4.11. The molecule has 2 rings (SSSR count). The first-order valence-electron chi connectivity index (χ1n) is 6.28. The second kappa shape index (κ2) is 6.17. The fraction of sp³-hybridized carbons (Fsp3) is 0.200. The van der Waals surface area contributed by atoms with Crippen molar-refractivity contribution in [3.8, 4) is 0 Å². The van der Waals surface area contributed by atoms with E-state index in [1.807, 2.05) is 60.7 Å². The van der Waals surface area contributed by atoms with E-state index in [0.29, 0.717) is 0 Å². The van der Waals surface area contributed by atoms with Crippen molar-refractivity contribution in [1.82, 2.24) is 0 Å². The largest absolute Gasteiger partial charge is 0.326 e. The second-order valence-electron chi connectivity index (χ2n) is 4.71. The van der Waals surface area contributed by atoms with E-state index in [4.69, 9.17) is 10.3 Å². The van der Waals surface area contributed by atoms with Gasteiger partial charge in [0.05, 0.1) is 5.75 Å². The van der Waals surface area contributed by atoms with Gasteiger partial charge < -0.3 is 5.73 Å². The Morgan fingerprint density at radius 3 is 1.65 bits per heavy atom. The molecular formula is C15H17NO3S. The third-order valence-corrected chi connectivity index (χ3v) is 3.95. The van der Waals surface area contributed by atoms with Crippen molar-refractivity contribution in [3.05, 3.63) is 71.8 Å². The van der Waals surface area contributed by atoms with Crippen LogP contribution < -0.4 is 5.73 Å². The third kappa shape index (κ3) is 3.90. The molecule has 0 aliphatic rings. The van der Waals surface area contributed by atoms with Crippen LogP contribution in [0.5, 0.6) is 0 Å². The first-order chi connectivity index (χ1) is 9.47. The zero-order valence-corrected chi connectivity index (χ0v) is 11.7. The molecule has 0 spiro atoms. The Morgan fingerprint density at radius 1 is 0.900 bits per heavy atom. The Bertz CT molecular complexity index is 602. The van der Waals surface area contributed by atoms with E-state index < -0.39 is 21.9 Å². The van der Waals surface area contributed by atoms with Crippen LogP contribution in [-0.4, -0.2) is 24.8 Å². The smallest absolute Gasteiger partial charge is 0.266 e. The molecule has 2 aromatic rings. The van der Waals surface area contributed by atoms with Crippen LogP contribution in [0.25, 0.3) is 0 Å². The molecule has 0 aliphatic carbocycles. The number of hydrogen-bond acceptors (Lipinski definition) is 3. The van der Waals surface area contributed by atoms with Crippen LogP contribution in [-0.2, 0) is 10.1 Å². The van der Waals surface area contributed by atoms with E-state index in [1.165, 1.54) is 0 Å². The number of hydrogen-bond donors (Lipinski definition) is 2. The van der Waals surface area contributed by atoms with Crippen molar-refractivity contribution >= 4 is 10.1 Å². The van der Waals surface area contributed by atoms with Gasteiger partial charge in [-0.15, -0.1) is 0 Å². The normalized spacial score (nSPS) is 13.3. The standard InChI is InChI=1S/C15H17NO3S/c16-14(11-20(17,18)19)15(12-7-3-1-4-8-12)13-9-5-2-6-10-13/h1-10,14-15H,11,16H2,(H,17,18,19)/t14-/m0/s1. The summed E-state index contributed by atoms with van der Waals surface area (Å²) in [6.07, 6.45) is 0. The highest BCUT2D eigenvalue weighted by Gasteiger charge is 2.25. The Morgan fingerprint density at radius 2 is 1.30 bits per heavy atom. The highest BCUT2D eigenvalue weighted by Crippen LogP contribution is 2.27. The molecule has 0 heterocycles. The van der Waals surface area contributed by atoms with Crippen molar-refractivity contribution in [1.29, 1.82) is 0 Å². The average molecular weight is 291 g/mol. The number of nitrogens with two attached hydrogens (primary N) is 1. The van der Waals surface area contributed by atoms with E-state index in [-0.39, 0.29) is 5.92 Å². The zero-order valence-electron chi connectivity index (χ0n) is 10.9. The van der Waals surface area contributed by atoms with E-state index in [1.54, 1.807) is 0 Å². The van der Waals surface area contributed by atoms with Crippen molar-refractivity contribution in [3.63, 3.8) is 0 Å². The molecule has 20 heavy (non-hydrogen) atoms. The van der Waals surface area contributed by atoms with Gasteiger partial charge in [0, 0.05) is 12.0 Å². The summed E-state index contributed by atoms with van der Waals surface area (Å²) in [4.78, 5) is 0. The molecule has 106 valence electrons. The molecule has 0 radical (unpaired) electrons. The van der Waals surface area contributed by atoms with E-state index >= 15 is 0 Å². The van der Waals surface area contributed by atoms with E-state index in [0.717, 1.165) is 11.1 Å². The maximum Gasteiger partial charge on any atom is 0.266 e. The van der Waals surface area contributed by atoms with Gasteiger partial charge >= 0.3 is 0 Å². The minimum Gasteiger partial charge on any atom is -0.326 e. The summed E-state index contributed by atoms with van der Waals surface area (Å²) < 4.78 is 31.2. The Balaban J connectivity index is 2.40. The highest BCUT2D eigenvalue weighted by molar-refractivity contribution is 7.85. The third-order valence-electron chi connectivity index (χ3n) is 3.15. The predicted octanol–water partition coefficient (Wildman–Crippen LogP) is 2.03. The lowest BCUT2D eigenvalue weighted by Gasteiger charge is -2.24. The average Bonchev–Trinajstić information content (AvgIpc) is 2.39. The van der Waals surface area contributed by atoms with E-state index in [2.05, 4.69) is 0 Å². The molecule has 2 aromatic carbocycles. The van der Waals surface area contributed by atoms with Gasteiger partial charge in [-0.05, 0) is 11.1 Å². The summed E-state index contributed by atoms with van der Waals surface area (Å²) in [6.45, 7) is 0. The lowest BCUT2D eigenvalue weighted by atomic mass is 9.86. The van der Waals surface area contributed by atoms with Crippen LogP contribution in [0, 0.1) is 0 Å². The van der Waals surface area contributed by atoms with Crippen LogP contribution in [0.3, 0.4) is 0 Å². The van der Waals surface area contributed by atoms with Gasteiger partial charge in [-0.1, -0.05) is 60.7 Å². The lowest BCUT2D eigenvalue weighted by molar-refractivity contribution is 0.472. The summed E-state index contributed by atoms with van der Waals surface area (Å²) in [5.74, 6) is -0.749. The highest BCUT2D eigenvalue weighted by atomic mass is 32.2. The zero-order chi connectivity index (χ0) is 14.6. The van der Waals surface area contributed by atoms with Crippen molar-refractivity contribution in [2.24, 2.45) is 5.73 Å². The first kappa shape index (κ1) is 14.7. The number of benzene rings is 2. The molecule has 4 nitrogen and oxygen atoms in total. The van der Waals surface area contributed by atoms with Gasteiger partial charge in [-0.25, -0.2) is 0 Å². The molecular weight excluding hydrogens is 274 g/mol. The molecule has 0 fully saturated rings. The van der Waals surface area contributed by atoms with Crippen LogP contribution in [0.4, 0.5) is 0 Å². The Kier molecular flexibility index (Phi) is 4.54. The molecule has 0 saturated heterocycles. The van der Waals surface area contributed by atoms with Crippen molar-refractivity contribution < 1.29 is 13.0 Å². The fourth-order valence-corrected chi connectivity index (χ4v) is 3.03. The van der Waals surface area contributed by atoms with Crippen LogP contribution in [0.1, 0.15) is 17.0 Å². The quantitative estimate of drug-likeness (QED) is 0.826. The minimum absolute atomic E-state index is 0.278. The SMILES string of the molecule is N[C@@H](CS(=O)(=O)O)C(c1ccccc1)c1ccccc1. The summed E-state index contributed by atoms with van der Waals surface area (Å²) in [5.41, 5.74) is 7.88. The maximum absolute atomic E-state index is 11.1. The van der Waals surface area contributed by atoms with Gasteiger partial charge in [0.2, 0.25) is 0 Å². The van der Waals surface area contributed by atoms with E-state index in [9.17, 15) is 8.42 Å². The molecule has 0 amide bonds. The first-order valence-corrected chi connectivity index (χ1v) is 7.89. The Labute approximate surface area is 119 Å². The van der Waals surface area contributed by atoms with Gasteiger partial charge in [-0.3, -0.25) is 4.55 Å². The number of rotatable bonds is 5. The summed E-state index contributed by atoms with van der Waals surface area (Å²) in [6, 6.07) is 18.2. The van der Waals surface area contributed by atoms with Crippen LogP contribution in [0.2, 0.25) is 0 Å².